The lowest BCUT2D eigenvalue weighted by molar-refractivity contribution is 0.244. The van der Waals surface area contributed by atoms with Crippen molar-refractivity contribution in [3.63, 3.8) is 0 Å². The summed E-state index contributed by atoms with van der Waals surface area (Å²) < 4.78 is 16.7. The first-order valence-electron chi connectivity index (χ1n) is 9.10. The van der Waals surface area contributed by atoms with Gasteiger partial charge in [-0.05, 0) is 57.4 Å². The number of rotatable bonds is 7. The molecule has 1 aliphatic rings. The van der Waals surface area contributed by atoms with Crippen LogP contribution in [0.1, 0.15) is 54.8 Å². The molecule has 1 saturated heterocycles. The topological polar surface area (TPSA) is 47.7 Å². The molecule has 1 fully saturated rings. The second kappa shape index (κ2) is 7.91. The van der Waals surface area contributed by atoms with Crippen LogP contribution in [0.25, 0.3) is 0 Å². The van der Waals surface area contributed by atoms with Crippen molar-refractivity contribution in [2.75, 3.05) is 20.3 Å². The van der Waals surface area contributed by atoms with E-state index < -0.39 is 0 Å². The van der Waals surface area contributed by atoms with Crippen LogP contribution in [0, 0.1) is 13.8 Å². The molecule has 1 aromatic heterocycles. The highest BCUT2D eigenvalue weighted by atomic mass is 16.5. The van der Waals surface area contributed by atoms with E-state index in [1.165, 1.54) is 17.5 Å². The Morgan fingerprint density at radius 3 is 2.80 bits per heavy atom. The fraction of sp³-hybridized carbons (Fsp3) is 0.550. The van der Waals surface area contributed by atoms with Gasteiger partial charge in [-0.25, -0.2) is 0 Å². The Labute approximate surface area is 149 Å². The van der Waals surface area contributed by atoms with Gasteiger partial charge >= 0.3 is 0 Å². The molecule has 0 aliphatic carbocycles. The molecule has 5 nitrogen and oxygen atoms in total. The molecule has 2 heterocycles. The lowest BCUT2D eigenvalue weighted by Gasteiger charge is -2.25. The van der Waals surface area contributed by atoms with Crippen molar-refractivity contribution in [3.05, 3.63) is 40.8 Å². The first kappa shape index (κ1) is 17.8. The summed E-state index contributed by atoms with van der Waals surface area (Å²) in [7, 11) is 1.69. The molecule has 1 aliphatic heterocycles. The van der Waals surface area contributed by atoms with Crippen LogP contribution >= 0.6 is 0 Å². The first-order valence-corrected chi connectivity index (χ1v) is 9.10. The molecule has 5 heteroatoms. The molecule has 0 bridgehead atoms. The summed E-state index contributed by atoms with van der Waals surface area (Å²) in [5, 5.41) is 4.13. The van der Waals surface area contributed by atoms with Crippen LogP contribution < -0.4 is 9.47 Å². The average Bonchev–Trinajstić information content (AvgIpc) is 3.19. The van der Waals surface area contributed by atoms with Crippen molar-refractivity contribution in [1.82, 2.24) is 10.1 Å². The molecular formula is C20H28N2O3. The van der Waals surface area contributed by atoms with E-state index in [0.29, 0.717) is 12.6 Å². The summed E-state index contributed by atoms with van der Waals surface area (Å²) >= 11 is 0. The highest BCUT2D eigenvalue weighted by Gasteiger charge is 2.30. The molecule has 1 aromatic carbocycles. The van der Waals surface area contributed by atoms with E-state index >= 15 is 0 Å². The van der Waals surface area contributed by atoms with Gasteiger partial charge in [0.1, 0.15) is 5.76 Å². The van der Waals surface area contributed by atoms with Gasteiger partial charge in [0.05, 0.1) is 19.4 Å². The largest absolute Gasteiger partial charge is 0.493 e. The zero-order valence-corrected chi connectivity index (χ0v) is 15.7. The fourth-order valence-electron chi connectivity index (χ4n) is 3.68. The molecule has 25 heavy (non-hydrogen) atoms. The maximum Gasteiger partial charge on any atom is 0.161 e. The number of aryl methyl sites for hydroxylation is 2. The van der Waals surface area contributed by atoms with E-state index in [9.17, 15) is 0 Å². The summed E-state index contributed by atoms with van der Waals surface area (Å²) in [6, 6.07) is 6.63. The summed E-state index contributed by atoms with van der Waals surface area (Å²) in [6.07, 6.45) is 3.33. The molecule has 2 aromatic rings. The quantitative estimate of drug-likeness (QED) is 0.744. The van der Waals surface area contributed by atoms with Gasteiger partial charge in [-0.1, -0.05) is 18.1 Å². The van der Waals surface area contributed by atoms with Crippen LogP contribution in [0.2, 0.25) is 0 Å². The van der Waals surface area contributed by atoms with Gasteiger partial charge in [0.2, 0.25) is 0 Å². The lowest BCUT2D eigenvalue weighted by atomic mass is 10.0. The normalized spacial score (nSPS) is 17.8. The Balaban J connectivity index is 1.77. The van der Waals surface area contributed by atoms with Gasteiger partial charge in [-0.15, -0.1) is 0 Å². The van der Waals surface area contributed by atoms with Crippen LogP contribution in [-0.4, -0.2) is 30.3 Å². The van der Waals surface area contributed by atoms with E-state index in [4.69, 9.17) is 14.0 Å². The van der Waals surface area contributed by atoms with Gasteiger partial charge < -0.3 is 14.0 Å². The molecule has 0 spiro atoms. The Bertz CT molecular complexity index is 691. The fourth-order valence-corrected chi connectivity index (χ4v) is 3.68. The molecule has 1 atom stereocenters. The van der Waals surface area contributed by atoms with Gasteiger partial charge in [0.15, 0.2) is 11.5 Å². The third kappa shape index (κ3) is 3.82. The van der Waals surface area contributed by atoms with Crippen LogP contribution in [0.3, 0.4) is 0 Å². The zero-order valence-electron chi connectivity index (χ0n) is 15.7. The molecule has 0 N–H and O–H groups in total. The third-order valence-electron chi connectivity index (χ3n) is 4.86. The van der Waals surface area contributed by atoms with Crippen molar-refractivity contribution in [2.45, 2.75) is 52.6 Å². The predicted octanol–water partition coefficient (Wildman–Crippen LogP) is 4.43. The van der Waals surface area contributed by atoms with Crippen molar-refractivity contribution in [2.24, 2.45) is 0 Å². The second-order valence-electron chi connectivity index (χ2n) is 6.70. The summed E-state index contributed by atoms with van der Waals surface area (Å²) in [6.45, 7) is 8.82. The van der Waals surface area contributed by atoms with Gasteiger partial charge in [-0.2, -0.15) is 0 Å². The first-order chi connectivity index (χ1) is 12.1. The predicted molar refractivity (Wildman–Crippen MR) is 97.1 cm³/mol. The molecular weight excluding hydrogens is 316 g/mol. The maximum absolute atomic E-state index is 5.75. The Morgan fingerprint density at radius 2 is 2.12 bits per heavy atom. The van der Waals surface area contributed by atoms with Crippen LogP contribution in [0.15, 0.2) is 22.7 Å². The van der Waals surface area contributed by atoms with Crippen LogP contribution in [0.5, 0.6) is 11.5 Å². The lowest BCUT2D eigenvalue weighted by Crippen LogP contribution is -2.23. The molecule has 0 unspecified atom stereocenters. The van der Waals surface area contributed by atoms with Gasteiger partial charge in [-0.3, -0.25) is 4.90 Å². The number of nitrogens with zero attached hydrogens (tertiary/aromatic N) is 2. The average molecular weight is 344 g/mol. The SMILES string of the molecule is CCCOc1ccc(CN2CCC[C@@H]2c2c(C)noc2C)cc1OC. The molecule has 0 saturated carbocycles. The van der Waals surface area contributed by atoms with Crippen molar-refractivity contribution < 1.29 is 14.0 Å². The van der Waals surface area contributed by atoms with Crippen molar-refractivity contribution >= 4 is 0 Å². The Hall–Kier alpha value is -2.01. The minimum absolute atomic E-state index is 0.383. The number of likely N-dealkylation sites (tertiary alicyclic amines) is 1. The highest BCUT2D eigenvalue weighted by molar-refractivity contribution is 5.43. The number of aromatic nitrogens is 1. The van der Waals surface area contributed by atoms with E-state index in [-0.39, 0.29) is 0 Å². The second-order valence-corrected chi connectivity index (χ2v) is 6.70. The minimum Gasteiger partial charge on any atom is -0.493 e. The number of hydrogen-bond acceptors (Lipinski definition) is 5. The minimum atomic E-state index is 0.383. The Kier molecular flexibility index (Phi) is 5.63. The van der Waals surface area contributed by atoms with E-state index in [0.717, 1.165) is 48.9 Å². The number of ether oxygens (including phenoxy) is 2. The monoisotopic (exact) mass is 344 g/mol. The molecule has 0 amide bonds. The number of methoxy groups -OCH3 is 1. The number of benzene rings is 1. The molecule has 3 rings (SSSR count). The van der Waals surface area contributed by atoms with E-state index in [2.05, 4.69) is 29.1 Å². The number of hydrogen-bond donors (Lipinski definition) is 0. The maximum atomic E-state index is 5.75. The summed E-state index contributed by atoms with van der Waals surface area (Å²) in [5.74, 6) is 2.56. The van der Waals surface area contributed by atoms with Gasteiger partial charge in [0.25, 0.3) is 0 Å². The highest BCUT2D eigenvalue weighted by Crippen LogP contribution is 2.37. The molecule has 136 valence electrons. The van der Waals surface area contributed by atoms with Crippen molar-refractivity contribution in [1.29, 1.82) is 0 Å². The van der Waals surface area contributed by atoms with Gasteiger partial charge in [0, 0.05) is 18.2 Å². The van der Waals surface area contributed by atoms with E-state index in [1.807, 2.05) is 19.9 Å². The van der Waals surface area contributed by atoms with Crippen molar-refractivity contribution in [3.8, 4) is 11.5 Å². The third-order valence-corrected chi connectivity index (χ3v) is 4.86. The van der Waals surface area contributed by atoms with Crippen LogP contribution in [-0.2, 0) is 6.54 Å². The van der Waals surface area contributed by atoms with E-state index in [1.54, 1.807) is 7.11 Å². The summed E-state index contributed by atoms with van der Waals surface area (Å²) in [4.78, 5) is 2.51. The smallest absolute Gasteiger partial charge is 0.161 e. The molecule has 0 radical (unpaired) electrons. The summed E-state index contributed by atoms with van der Waals surface area (Å²) in [5.41, 5.74) is 3.50. The Morgan fingerprint density at radius 1 is 1.28 bits per heavy atom. The zero-order chi connectivity index (χ0) is 17.8. The standard InChI is InChI=1S/C20H28N2O3/c1-5-11-24-18-9-8-16(12-19(18)23-4)13-22-10-6-7-17(22)20-14(2)21-25-15(20)3/h8-9,12,17H,5-7,10-11,13H2,1-4H3/t17-/m1/s1. The van der Waals surface area contributed by atoms with Crippen LogP contribution in [0.4, 0.5) is 0 Å².